The van der Waals surface area contributed by atoms with Gasteiger partial charge in [-0.05, 0) is 56.6 Å². The summed E-state index contributed by atoms with van der Waals surface area (Å²) in [7, 11) is 0. The third-order valence-electron chi connectivity index (χ3n) is 3.80. The van der Waals surface area contributed by atoms with E-state index < -0.39 is 0 Å². The quantitative estimate of drug-likeness (QED) is 0.580. The zero-order valence-corrected chi connectivity index (χ0v) is 13.6. The lowest BCUT2D eigenvalue weighted by Gasteiger charge is -2.26. The second kappa shape index (κ2) is 9.43. The highest BCUT2D eigenvalue weighted by Gasteiger charge is 2.09. The Morgan fingerprint density at radius 2 is 1.85 bits per heavy atom. The highest BCUT2D eigenvalue weighted by Crippen LogP contribution is 2.19. The number of rotatable bonds is 8. The first-order valence-electron chi connectivity index (χ1n) is 8.03. The lowest BCUT2D eigenvalue weighted by Crippen LogP contribution is -2.31. The molecule has 2 rings (SSSR count). The van der Waals surface area contributed by atoms with Crippen molar-refractivity contribution in [1.29, 1.82) is 0 Å². The van der Waals surface area contributed by atoms with Crippen molar-refractivity contribution in [2.75, 3.05) is 31.9 Å². The van der Waals surface area contributed by atoms with Gasteiger partial charge in [-0.3, -0.25) is 0 Å². The first-order valence-corrected chi connectivity index (χ1v) is 9.02. The van der Waals surface area contributed by atoms with Crippen LogP contribution >= 0.6 is 11.8 Å². The molecule has 0 amide bonds. The van der Waals surface area contributed by atoms with E-state index in [0.29, 0.717) is 0 Å². The van der Waals surface area contributed by atoms with Crippen LogP contribution in [0, 0.1) is 0 Å². The molecule has 20 heavy (non-hydrogen) atoms. The first kappa shape index (κ1) is 15.9. The van der Waals surface area contributed by atoms with Crippen molar-refractivity contribution in [3.8, 4) is 0 Å². The molecule has 0 bridgehead atoms. The second-order valence-corrected chi connectivity index (χ2v) is 6.74. The molecule has 1 fully saturated rings. The fourth-order valence-electron chi connectivity index (χ4n) is 2.59. The normalized spacial score (nSPS) is 16.4. The Hall–Kier alpha value is -0.510. The Balaban J connectivity index is 1.65. The van der Waals surface area contributed by atoms with E-state index >= 15 is 0 Å². The number of nitrogens with zero attached hydrogens (tertiary/aromatic N) is 1. The Bertz CT molecular complexity index is 358. The minimum atomic E-state index is 0.993. The topological polar surface area (TPSA) is 15.3 Å². The minimum absolute atomic E-state index is 0.993. The summed E-state index contributed by atoms with van der Waals surface area (Å²) < 4.78 is 0. The Labute approximate surface area is 128 Å². The molecule has 0 aliphatic carbocycles. The van der Waals surface area contributed by atoms with E-state index in [0.717, 1.165) is 13.1 Å². The molecule has 0 atom stereocenters. The Morgan fingerprint density at radius 3 is 2.55 bits per heavy atom. The SMILES string of the molecule is CCCNCc1ccc(SCCN2CCCCC2)cc1. The average Bonchev–Trinajstić information content (AvgIpc) is 2.50. The van der Waals surface area contributed by atoms with E-state index in [2.05, 4.69) is 41.4 Å². The number of likely N-dealkylation sites (tertiary alicyclic amines) is 1. The molecule has 1 aliphatic rings. The summed E-state index contributed by atoms with van der Waals surface area (Å²) in [6.07, 6.45) is 5.41. The van der Waals surface area contributed by atoms with E-state index in [9.17, 15) is 0 Å². The van der Waals surface area contributed by atoms with E-state index in [1.165, 1.54) is 61.5 Å². The van der Waals surface area contributed by atoms with Gasteiger partial charge in [-0.25, -0.2) is 0 Å². The van der Waals surface area contributed by atoms with E-state index in [-0.39, 0.29) is 0 Å². The molecule has 1 aliphatic heterocycles. The van der Waals surface area contributed by atoms with Gasteiger partial charge >= 0.3 is 0 Å². The fourth-order valence-corrected chi connectivity index (χ4v) is 3.50. The van der Waals surface area contributed by atoms with Gasteiger partial charge in [-0.1, -0.05) is 25.5 Å². The molecule has 1 aromatic rings. The lowest BCUT2D eigenvalue weighted by atomic mass is 10.1. The molecule has 1 saturated heterocycles. The van der Waals surface area contributed by atoms with Gasteiger partial charge in [0.15, 0.2) is 0 Å². The maximum Gasteiger partial charge on any atom is 0.0205 e. The average molecular weight is 292 g/mol. The number of thioether (sulfide) groups is 1. The molecule has 112 valence electrons. The van der Waals surface area contributed by atoms with E-state index in [4.69, 9.17) is 0 Å². The summed E-state index contributed by atoms with van der Waals surface area (Å²) in [5.74, 6) is 1.22. The third-order valence-corrected chi connectivity index (χ3v) is 4.80. The van der Waals surface area contributed by atoms with Crippen molar-refractivity contribution in [3.63, 3.8) is 0 Å². The summed E-state index contributed by atoms with van der Waals surface area (Å²) >= 11 is 1.99. The minimum Gasteiger partial charge on any atom is -0.313 e. The maximum atomic E-state index is 3.44. The number of hydrogen-bond donors (Lipinski definition) is 1. The molecule has 2 nitrogen and oxygen atoms in total. The molecule has 0 unspecified atom stereocenters. The van der Waals surface area contributed by atoms with Crippen LogP contribution in [0.3, 0.4) is 0 Å². The summed E-state index contributed by atoms with van der Waals surface area (Å²) in [6.45, 7) is 8.16. The molecule has 1 aromatic carbocycles. The molecule has 1 heterocycles. The van der Waals surface area contributed by atoms with Crippen molar-refractivity contribution in [2.45, 2.75) is 44.0 Å². The van der Waals surface area contributed by atoms with Crippen molar-refractivity contribution in [2.24, 2.45) is 0 Å². The van der Waals surface area contributed by atoms with Crippen LogP contribution in [0.4, 0.5) is 0 Å². The summed E-state index contributed by atoms with van der Waals surface area (Å²) in [4.78, 5) is 4.01. The van der Waals surface area contributed by atoms with Gasteiger partial charge in [0.1, 0.15) is 0 Å². The van der Waals surface area contributed by atoms with Crippen LogP contribution in [0.25, 0.3) is 0 Å². The van der Waals surface area contributed by atoms with Crippen molar-refractivity contribution < 1.29 is 0 Å². The molecule has 3 heteroatoms. The highest BCUT2D eigenvalue weighted by molar-refractivity contribution is 7.99. The zero-order valence-electron chi connectivity index (χ0n) is 12.7. The van der Waals surface area contributed by atoms with Crippen LogP contribution < -0.4 is 5.32 Å². The molecule has 0 aromatic heterocycles. The first-order chi connectivity index (χ1) is 9.88. The predicted molar refractivity (Wildman–Crippen MR) is 89.5 cm³/mol. The largest absolute Gasteiger partial charge is 0.313 e. The fraction of sp³-hybridized carbons (Fsp3) is 0.647. The van der Waals surface area contributed by atoms with Gasteiger partial charge in [-0.2, -0.15) is 0 Å². The molecule has 0 saturated carbocycles. The molecule has 0 spiro atoms. The summed E-state index contributed by atoms with van der Waals surface area (Å²) in [5.41, 5.74) is 1.39. The van der Waals surface area contributed by atoms with Crippen LogP contribution in [-0.4, -0.2) is 36.8 Å². The van der Waals surface area contributed by atoms with Crippen LogP contribution in [0.2, 0.25) is 0 Å². The summed E-state index contributed by atoms with van der Waals surface area (Å²) in [5, 5.41) is 3.44. The molecule has 1 N–H and O–H groups in total. The van der Waals surface area contributed by atoms with E-state index in [1.807, 2.05) is 11.8 Å². The number of hydrogen-bond acceptors (Lipinski definition) is 3. The van der Waals surface area contributed by atoms with Gasteiger partial charge in [0, 0.05) is 23.7 Å². The standard InChI is InChI=1S/C17H28N2S/c1-2-10-18-15-16-6-8-17(9-7-16)20-14-13-19-11-4-3-5-12-19/h6-9,18H,2-5,10-15H2,1H3. The smallest absolute Gasteiger partial charge is 0.0205 e. The Morgan fingerprint density at radius 1 is 1.10 bits per heavy atom. The number of nitrogens with one attached hydrogen (secondary N) is 1. The van der Waals surface area contributed by atoms with Gasteiger partial charge in [-0.15, -0.1) is 11.8 Å². The van der Waals surface area contributed by atoms with Gasteiger partial charge in [0.2, 0.25) is 0 Å². The number of piperidine rings is 1. The second-order valence-electron chi connectivity index (χ2n) is 5.57. The molecule has 0 radical (unpaired) electrons. The van der Waals surface area contributed by atoms with Gasteiger partial charge in [0.25, 0.3) is 0 Å². The van der Waals surface area contributed by atoms with Gasteiger partial charge < -0.3 is 10.2 Å². The van der Waals surface area contributed by atoms with Crippen molar-refractivity contribution in [3.05, 3.63) is 29.8 Å². The molecular weight excluding hydrogens is 264 g/mol. The van der Waals surface area contributed by atoms with Crippen LogP contribution in [-0.2, 0) is 6.54 Å². The number of benzene rings is 1. The third kappa shape index (κ3) is 5.86. The lowest BCUT2D eigenvalue weighted by molar-refractivity contribution is 0.242. The zero-order chi connectivity index (χ0) is 14.0. The summed E-state index contributed by atoms with van der Waals surface area (Å²) in [6, 6.07) is 9.05. The Kier molecular flexibility index (Phi) is 7.48. The van der Waals surface area contributed by atoms with Crippen LogP contribution in [0.1, 0.15) is 38.2 Å². The van der Waals surface area contributed by atoms with Crippen molar-refractivity contribution in [1.82, 2.24) is 10.2 Å². The van der Waals surface area contributed by atoms with Crippen LogP contribution in [0.5, 0.6) is 0 Å². The monoisotopic (exact) mass is 292 g/mol. The van der Waals surface area contributed by atoms with Crippen LogP contribution in [0.15, 0.2) is 29.2 Å². The molecular formula is C17H28N2S. The van der Waals surface area contributed by atoms with E-state index in [1.54, 1.807) is 0 Å². The van der Waals surface area contributed by atoms with Crippen molar-refractivity contribution >= 4 is 11.8 Å². The maximum absolute atomic E-state index is 3.44. The van der Waals surface area contributed by atoms with Gasteiger partial charge in [0.05, 0.1) is 0 Å². The highest BCUT2D eigenvalue weighted by atomic mass is 32.2. The predicted octanol–water partition coefficient (Wildman–Crippen LogP) is 3.76.